The minimum Gasteiger partial charge on any atom is -0.423 e. The van der Waals surface area contributed by atoms with Crippen LogP contribution in [0.1, 0.15) is 13.8 Å². The maximum Gasteiger partial charge on any atom is 0.341 e. The number of hydrogen-bond donors (Lipinski definition) is 0. The van der Waals surface area contributed by atoms with Gasteiger partial charge in [0.2, 0.25) is 5.79 Å². The van der Waals surface area contributed by atoms with Crippen molar-refractivity contribution < 1.29 is 23.7 Å². The molecule has 0 radical (unpaired) electrons. The van der Waals surface area contributed by atoms with Gasteiger partial charge in [0, 0.05) is 14.2 Å². The predicted molar refractivity (Wildman–Crippen MR) is 59.0 cm³/mol. The van der Waals surface area contributed by atoms with E-state index < -0.39 is 23.1 Å². The molecule has 0 aromatic heterocycles. The van der Waals surface area contributed by atoms with Gasteiger partial charge in [0.25, 0.3) is 5.79 Å². The van der Waals surface area contributed by atoms with Gasteiger partial charge in [0.1, 0.15) is 0 Å². The average Bonchev–Trinajstić information content (AvgIpc) is 2.51. The van der Waals surface area contributed by atoms with E-state index in [0.29, 0.717) is 0 Å². The largest absolute Gasteiger partial charge is 0.423 e. The van der Waals surface area contributed by atoms with Crippen LogP contribution in [0.2, 0.25) is 0 Å². The van der Waals surface area contributed by atoms with Crippen molar-refractivity contribution in [2.45, 2.75) is 31.0 Å². The van der Waals surface area contributed by atoms with E-state index >= 15 is 0 Å². The highest BCUT2D eigenvalue weighted by Crippen LogP contribution is 2.38. The maximum atomic E-state index is 11.6. The summed E-state index contributed by atoms with van der Waals surface area (Å²) in [6.45, 7) is 3.33. The van der Waals surface area contributed by atoms with Gasteiger partial charge in [-0.25, -0.2) is 4.79 Å². The number of carbonyl (C=O) groups is 1. The molecule has 0 amide bonds. The number of hydrogen-bond acceptors (Lipinski definition) is 5. The fraction of sp³-hybridized carbons (Fsp3) is 0.583. The third kappa shape index (κ3) is 1.90. The zero-order valence-electron chi connectivity index (χ0n) is 10.4. The Morgan fingerprint density at radius 3 is 1.94 bits per heavy atom. The summed E-state index contributed by atoms with van der Waals surface area (Å²) >= 11 is 0. The molecule has 1 spiro atoms. The van der Waals surface area contributed by atoms with Gasteiger partial charge in [-0.2, -0.15) is 0 Å². The van der Waals surface area contributed by atoms with E-state index in [9.17, 15) is 4.79 Å². The van der Waals surface area contributed by atoms with Crippen molar-refractivity contribution in [3.05, 3.63) is 24.3 Å². The zero-order valence-corrected chi connectivity index (χ0v) is 10.4. The highest BCUT2D eigenvalue weighted by atomic mass is 16.8. The van der Waals surface area contributed by atoms with E-state index in [2.05, 4.69) is 0 Å². The summed E-state index contributed by atoms with van der Waals surface area (Å²) in [5.74, 6) is -2.45. The molecule has 0 aromatic rings. The van der Waals surface area contributed by atoms with Crippen molar-refractivity contribution in [2.24, 2.45) is 0 Å². The van der Waals surface area contributed by atoms with E-state index in [0.717, 1.165) is 0 Å². The predicted octanol–water partition coefficient (Wildman–Crippen LogP) is 1.15. The summed E-state index contributed by atoms with van der Waals surface area (Å²) in [6, 6.07) is 0. The van der Waals surface area contributed by atoms with Gasteiger partial charge in [0.15, 0.2) is 5.60 Å². The van der Waals surface area contributed by atoms with Crippen LogP contribution >= 0.6 is 0 Å². The molecule has 0 bridgehead atoms. The molecule has 0 aromatic carbocycles. The van der Waals surface area contributed by atoms with Gasteiger partial charge in [0.05, 0.1) is 0 Å². The molecule has 2 aliphatic rings. The van der Waals surface area contributed by atoms with Crippen molar-refractivity contribution in [1.82, 2.24) is 0 Å². The summed E-state index contributed by atoms with van der Waals surface area (Å²) < 4.78 is 21.3. The van der Waals surface area contributed by atoms with E-state index in [-0.39, 0.29) is 0 Å². The number of rotatable bonds is 2. The molecule has 0 unspecified atom stereocenters. The van der Waals surface area contributed by atoms with Crippen LogP contribution in [0.5, 0.6) is 0 Å². The molecule has 0 saturated carbocycles. The van der Waals surface area contributed by atoms with E-state index in [4.69, 9.17) is 18.9 Å². The van der Waals surface area contributed by atoms with Gasteiger partial charge in [-0.05, 0) is 38.2 Å². The molecule has 1 heterocycles. The molecule has 0 N–H and O–H groups in total. The molecule has 17 heavy (non-hydrogen) atoms. The smallest absolute Gasteiger partial charge is 0.341 e. The van der Waals surface area contributed by atoms with Crippen molar-refractivity contribution in [3.63, 3.8) is 0 Å². The Morgan fingerprint density at radius 2 is 1.59 bits per heavy atom. The SMILES string of the molecule is COC1(OC)C=CC2(C=C1)OC(=O)C(C)(C)O2. The zero-order chi connectivity index (χ0) is 12.7. The summed E-state index contributed by atoms with van der Waals surface area (Å²) in [4.78, 5) is 11.6. The Balaban J connectivity index is 2.25. The minimum absolute atomic E-state index is 0.394. The Labute approximate surface area is 100.0 Å². The first-order chi connectivity index (χ1) is 7.87. The lowest BCUT2D eigenvalue weighted by Gasteiger charge is -2.31. The van der Waals surface area contributed by atoms with Gasteiger partial charge >= 0.3 is 5.97 Å². The fourth-order valence-corrected chi connectivity index (χ4v) is 1.80. The summed E-state index contributed by atoms with van der Waals surface area (Å²) in [5.41, 5.74) is -0.950. The average molecular weight is 240 g/mol. The number of methoxy groups -OCH3 is 2. The highest BCUT2D eigenvalue weighted by molar-refractivity contribution is 5.81. The van der Waals surface area contributed by atoms with Crippen LogP contribution in [-0.2, 0) is 23.7 Å². The second-order valence-corrected chi connectivity index (χ2v) is 4.52. The highest BCUT2D eigenvalue weighted by Gasteiger charge is 2.52. The van der Waals surface area contributed by atoms with Crippen molar-refractivity contribution in [1.29, 1.82) is 0 Å². The topological polar surface area (TPSA) is 54.0 Å². The number of esters is 1. The van der Waals surface area contributed by atoms with E-state index in [1.165, 1.54) is 14.2 Å². The van der Waals surface area contributed by atoms with Crippen LogP contribution < -0.4 is 0 Å². The Kier molecular flexibility index (Phi) is 2.65. The van der Waals surface area contributed by atoms with Gasteiger partial charge in [-0.15, -0.1) is 0 Å². The summed E-state index contributed by atoms with van der Waals surface area (Å²) in [5, 5.41) is 0. The van der Waals surface area contributed by atoms with Gasteiger partial charge in [-0.1, -0.05) is 0 Å². The summed E-state index contributed by atoms with van der Waals surface area (Å²) in [7, 11) is 3.06. The lowest BCUT2D eigenvalue weighted by Crippen LogP contribution is -2.37. The molecular formula is C12H16O5. The van der Waals surface area contributed by atoms with Crippen LogP contribution in [0.3, 0.4) is 0 Å². The molecule has 0 atom stereocenters. The first-order valence-electron chi connectivity index (χ1n) is 5.32. The van der Waals surface area contributed by atoms with Gasteiger partial charge < -0.3 is 18.9 Å². The van der Waals surface area contributed by atoms with Crippen LogP contribution in [0.25, 0.3) is 0 Å². The number of ether oxygens (including phenoxy) is 4. The third-order valence-electron chi connectivity index (χ3n) is 2.89. The second-order valence-electron chi connectivity index (χ2n) is 4.52. The quantitative estimate of drug-likeness (QED) is 0.411. The maximum absolute atomic E-state index is 11.6. The fourth-order valence-electron chi connectivity index (χ4n) is 1.80. The van der Waals surface area contributed by atoms with E-state index in [1.54, 1.807) is 38.2 Å². The summed E-state index contributed by atoms with van der Waals surface area (Å²) in [6.07, 6.45) is 6.54. The normalized spacial score (nSPS) is 27.4. The molecule has 1 aliphatic heterocycles. The molecule has 94 valence electrons. The Bertz CT molecular complexity index is 374. The van der Waals surface area contributed by atoms with Gasteiger partial charge in [-0.3, -0.25) is 0 Å². The second kappa shape index (κ2) is 3.66. The first-order valence-corrected chi connectivity index (χ1v) is 5.32. The monoisotopic (exact) mass is 240 g/mol. The molecule has 1 fully saturated rings. The van der Waals surface area contributed by atoms with Crippen molar-refractivity contribution in [2.75, 3.05) is 14.2 Å². The minimum atomic E-state index is -1.14. The Hall–Kier alpha value is -1.17. The standard InChI is InChI=1S/C12H16O5/c1-10(2)9(13)16-12(17-10)7-5-11(14-3,15-4)6-8-12/h5-8H,1-4H3. The van der Waals surface area contributed by atoms with Crippen molar-refractivity contribution >= 4 is 5.97 Å². The molecule has 5 heteroatoms. The van der Waals surface area contributed by atoms with Crippen LogP contribution in [-0.4, -0.2) is 37.4 Å². The van der Waals surface area contributed by atoms with Crippen LogP contribution in [0.4, 0.5) is 0 Å². The third-order valence-corrected chi connectivity index (χ3v) is 2.89. The molecule has 1 saturated heterocycles. The molecule has 2 rings (SSSR count). The van der Waals surface area contributed by atoms with Crippen LogP contribution in [0, 0.1) is 0 Å². The molecular weight excluding hydrogens is 224 g/mol. The van der Waals surface area contributed by atoms with Crippen LogP contribution in [0.15, 0.2) is 24.3 Å². The molecule has 5 nitrogen and oxygen atoms in total. The first kappa shape index (κ1) is 12.3. The Morgan fingerprint density at radius 1 is 1.06 bits per heavy atom. The number of carbonyl (C=O) groups excluding carboxylic acids is 1. The lowest BCUT2D eigenvalue weighted by molar-refractivity contribution is -0.156. The molecule has 1 aliphatic carbocycles. The van der Waals surface area contributed by atoms with E-state index in [1.807, 2.05) is 0 Å². The lowest BCUT2D eigenvalue weighted by atomic mass is 10.0. The van der Waals surface area contributed by atoms with Crippen molar-refractivity contribution in [3.8, 4) is 0 Å².